The van der Waals surface area contributed by atoms with Crippen molar-refractivity contribution in [3.05, 3.63) is 64.7 Å². The van der Waals surface area contributed by atoms with Crippen molar-refractivity contribution in [1.82, 2.24) is 15.0 Å². The second kappa shape index (κ2) is 9.45. The third-order valence-corrected chi connectivity index (χ3v) is 6.01. The molecule has 3 aromatic carbocycles. The number of rotatable bonds is 6. The molecule has 0 fully saturated rings. The van der Waals surface area contributed by atoms with Gasteiger partial charge < -0.3 is 15.5 Å². The number of aromatic nitrogens is 3. The Morgan fingerprint density at radius 2 is 1.78 bits per heavy atom. The highest BCUT2D eigenvalue weighted by atomic mass is 35.5. The maximum Gasteiger partial charge on any atom is 0.337 e. The first-order valence-corrected chi connectivity index (χ1v) is 11.9. The number of aromatic hydroxyl groups is 1. The number of halogens is 1. The summed E-state index contributed by atoms with van der Waals surface area (Å²) in [5.74, 6) is -1.35. The SMILES string of the molecule is Cc1nc(Cl)nc(Nc2cc(S(=O)(=O)O)cc3cc(C)c(N=Nc4ccccc4C(=O)O)c(O)c23)n1. The minimum Gasteiger partial charge on any atom is -0.505 e. The van der Waals surface area contributed by atoms with Crippen LogP contribution in [0, 0.1) is 13.8 Å². The van der Waals surface area contributed by atoms with Crippen LogP contribution in [0.4, 0.5) is 23.0 Å². The summed E-state index contributed by atoms with van der Waals surface area (Å²) in [6, 6.07) is 9.74. The van der Waals surface area contributed by atoms with E-state index in [1.54, 1.807) is 26.0 Å². The van der Waals surface area contributed by atoms with Gasteiger partial charge in [-0.25, -0.2) is 9.78 Å². The van der Waals surface area contributed by atoms with E-state index in [1.165, 1.54) is 24.3 Å². The van der Waals surface area contributed by atoms with Gasteiger partial charge in [0.05, 0.1) is 16.1 Å². The first kappa shape index (κ1) is 24.9. The average Bonchev–Trinajstić information content (AvgIpc) is 2.77. The van der Waals surface area contributed by atoms with Crippen LogP contribution in [0.2, 0.25) is 5.28 Å². The maximum absolute atomic E-state index is 11.9. The van der Waals surface area contributed by atoms with Gasteiger partial charge in [0.25, 0.3) is 10.1 Å². The van der Waals surface area contributed by atoms with Crippen molar-refractivity contribution in [2.75, 3.05) is 5.32 Å². The highest BCUT2D eigenvalue weighted by molar-refractivity contribution is 7.85. The Balaban J connectivity index is 1.93. The first-order chi connectivity index (χ1) is 16.9. The summed E-state index contributed by atoms with van der Waals surface area (Å²) in [6.07, 6.45) is 0. The molecule has 0 saturated carbocycles. The molecule has 1 heterocycles. The second-order valence-electron chi connectivity index (χ2n) is 7.56. The Bertz CT molecular complexity index is 1660. The van der Waals surface area contributed by atoms with E-state index in [1.807, 2.05) is 0 Å². The van der Waals surface area contributed by atoms with Gasteiger partial charge >= 0.3 is 5.97 Å². The number of phenolic OH excluding ortho intramolecular Hbond substituents is 1. The van der Waals surface area contributed by atoms with Gasteiger partial charge in [0.1, 0.15) is 17.2 Å². The largest absolute Gasteiger partial charge is 0.505 e. The Hall–Kier alpha value is -4.20. The van der Waals surface area contributed by atoms with Crippen molar-refractivity contribution < 1.29 is 28.0 Å². The zero-order valence-electron chi connectivity index (χ0n) is 18.6. The molecule has 0 atom stereocenters. The molecule has 4 rings (SSSR count). The van der Waals surface area contributed by atoms with Crippen molar-refractivity contribution in [2.45, 2.75) is 18.7 Å². The standard InChI is InChI=1S/C22H17ClN6O6S/c1-10-7-12-8-13(36(33,34)35)9-16(26-22-25-11(2)24-21(23)27-22)17(12)19(30)18(10)29-28-15-6-4-3-5-14(15)20(31)32/h3-9,30H,1-2H3,(H,31,32)(H,33,34,35)(H,24,25,26,27). The molecule has 0 spiro atoms. The van der Waals surface area contributed by atoms with E-state index in [-0.39, 0.29) is 56.2 Å². The highest BCUT2D eigenvalue weighted by Gasteiger charge is 2.20. The molecule has 0 unspecified atom stereocenters. The summed E-state index contributed by atoms with van der Waals surface area (Å²) in [4.78, 5) is 22.9. The number of fused-ring (bicyclic) bond motifs is 1. The molecule has 184 valence electrons. The Morgan fingerprint density at radius 1 is 1.06 bits per heavy atom. The van der Waals surface area contributed by atoms with Crippen LogP contribution in [0.3, 0.4) is 0 Å². The van der Waals surface area contributed by atoms with Gasteiger partial charge in [-0.2, -0.15) is 18.4 Å². The number of carboxylic acids is 1. The molecule has 0 bridgehead atoms. The van der Waals surface area contributed by atoms with Crippen molar-refractivity contribution in [1.29, 1.82) is 0 Å². The predicted molar refractivity (Wildman–Crippen MR) is 131 cm³/mol. The van der Waals surface area contributed by atoms with Crippen LogP contribution < -0.4 is 5.32 Å². The molecule has 0 saturated heterocycles. The molecule has 14 heteroatoms. The maximum atomic E-state index is 11.9. The van der Waals surface area contributed by atoms with Crippen molar-refractivity contribution in [2.24, 2.45) is 10.2 Å². The van der Waals surface area contributed by atoms with E-state index in [2.05, 4.69) is 30.5 Å². The van der Waals surface area contributed by atoms with E-state index >= 15 is 0 Å². The highest BCUT2D eigenvalue weighted by Crippen LogP contribution is 2.44. The third-order valence-electron chi connectivity index (χ3n) is 5.01. The van der Waals surface area contributed by atoms with E-state index in [0.29, 0.717) is 5.56 Å². The predicted octanol–water partition coefficient (Wildman–Crippen LogP) is 5.10. The van der Waals surface area contributed by atoms with Gasteiger partial charge in [0, 0.05) is 5.39 Å². The summed E-state index contributed by atoms with van der Waals surface area (Å²) in [6.45, 7) is 3.17. The summed E-state index contributed by atoms with van der Waals surface area (Å²) in [5, 5.41) is 31.6. The molecular formula is C22H17ClN6O6S. The molecule has 4 aromatic rings. The van der Waals surface area contributed by atoms with Gasteiger partial charge in [0.2, 0.25) is 11.2 Å². The Kier molecular flexibility index (Phi) is 6.54. The summed E-state index contributed by atoms with van der Waals surface area (Å²) in [7, 11) is -4.62. The molecular weight excluding hydrogens is 512 g/mol. The first-order valence-electron chi connectivity index (χ1n) is 10.1. The van der Waals surface area contributed by atoms with E-state index < -0.39 is 21.0 Å². The van der Waals surface area contributed by atoms with Crippen LogP contribution in [0.5, 0.6) is 5.75 Å². The summed E-state index contributed by atoms with van der Waals surface area (Å²) < 4.78 is 33.4. The van der Waals surface area contributed by atoms with Crippen molar-refractivity contribution in [3.63, 3.8) is 0 Å². The number of aryl methyl sites for hydroxylation is 2. The normalized spacial score (nSPS) is 11.8. The molecule has 0 aliphatic heterocycles. The zero-order chi connectivity index (χ0) is 26.2. The minimum absolute atomic E-state index is 0.00945. The number of aromatic carboxylic acids is 1. The fraction of sp³-hybridized carbons (Fsp3) is 0.0909. The second-order valence-corrected chi connectivity index (χ2v) is 9.32. The lowest BCUT2D eigenvalue weighted by atomic mass is 10.0. The number of hydrogen-bond donors (Lipinski definition) is 4. The third kappa shape index (κ3) is 5.07. The smallest absolute Gasteiger partial charge is 0.337 e. The number of anilines is 2. The number of benzene rings is 3. The van der Waals surface area contributed by atoms with E-state index in [9.17, 15) is 28.0 Å². The molecule has 0 amide bonds. The molecule has 4 N–H and O–H groups in total. The average molecular weight is 529 g/mol. The van der Waals surface area contributed by atoms with Crippen molar-refractivity contribution >= 4 is 61.5 Å². The topological polar surface area (TPSA) is 187 Å². The van der Waals surface area contributed by atoms with Gasteiger partial charge in [-0.05, 0) is 66.7 Å². The summed E-state index contributed by atoms with van der Waals surface area (Å²) in [5.41, 5.74) is 0.409. The van der Waals surface area contributed by atoms with Crippen LogP contribution in [0.15, 0.2) is 57.6 Å². The van der Waals surface area contributed by atoms with Crippen molar-refractivity contribution in [3.8, 4) is 5.75 Å². The monoisotopic (exact) mass is 528 g/mol. The van der Waals surface area contributed by atoms with Gasteiger partial charge in [-0.1, -0.05) is 12.1 Å². The molecule has 1 aromatic heterocycles. The minimum atomic E-state index is -4.62. The number of azo groups is 1. The fourth-order valence-corrected chi connectivity index (χ4v) is 4.21. The molecule has 12 nitrogen and oxygen atoms in total. The van der Waals surface area contributed by atoms with E-state index in [0.717, 1.165) is 6.07 Å². The number of carboxylic acid groups (broad SMARTS) is 1. The number of nitrogens with one attached hydrogen (secondary N) is 1. The van der Waals surface area contributed by atoms with Crippen LogP contribution in [0.1, 0.15) is 21.7 Å². The lowest BCUT2D eigenvalue weighted by molar-refractivity contribution is 0.0697. The van der Waals surface area contributed by atoms with Gasteiger partial charge in [0.15, 0.2) is 5.75 Å². The quantitative estimate of drug-likeness (QED) is 0.193. The Labute approximate surface area is 209 Å². The molecule has 0 aliphatic carbocycles. The number of hydrogen-bond acceptors (Lipinski definition) is 10. The molecule has 36 heavy (non-hydrogen) atoms. The zero-order valence-corrected chi connectivity index (χ0v) is 20.2. The Morgan fingerprint density at radius 3 is 2.44 bits per heavy atom. The lowest BCUT2D eigenvalue weighted by Crippen LogP contribution is -2.04. The lowest BCUT2D eigenvalue weighted by Gasteiger charge is -2.14. The number of carbonyl (C=O) groups is 1. The van der Waals surface area contributed by atoms with Crippen LogP contribution >= 0.6 is 11.6 Å². The van der Waals surface area contributed by atoms with Crippen LogP contribution in [0.25, 0.3) is 10.8 Å². The number of phenols is 1. The van der Waals surface area contributed by atoms with Crippen LogP contribution in [-0.4, -0.2) is 44.1 Å². The van der Waals surface area contributed by atoms with E-state index in [4.69, 9.17) is 11.6 Å². The molecule has 0 radical (unpaired) electrons. The van der Waals surface area contributed by atoms with Gasteiger partial charge in [-0.3, -0.25) is 4.55 Å². The van der Waals surface area contributed by atoms with Crippen LogP contribution in [-0.2, 0) is 10.1 Å². The van der Waals surface area contributed by atoms with Gasteiger partial charge in [-0.15, -0.1) is 10.2 Å². The molecule has 0 aliphatic rings. The number of nitrogens with zero attached hydrogens (tertiary/aromatic N) is 5. The summed E-state index contributed by atoms with van der Waals surface area (Å²) >= 11 is 5.89. The fourth-order valence-electron chi connectivity index (χ4n) is 3.47.